The summed E-state index contributed by atoms with van der Waals surface area (Å²) in [4.78, 5) is 40.0. The van der Waals surface area contributed by atoms with Crippen LogP contribution in [0, 0.1) is 5.92 Å². The number of Topliss-reactive ketones (excluding diaryl/α,β-unsaturated/α-hetero) is 2. The first-order valence-corrected chi connectivity index (χ1v) is 15.0. The monoisotopic (exact) mass is 571 g/mol. The van der Waals surface area contributed by atoms with Crippen molar-refractivity contribution in [1.29, 1.82) is 0 Å². The van der Waals surface area contributed by atoms with E-state index in [1.807, 2.05) is 12.2 Å². The normalized spacial score (nSPS) is 20.7. The number of carboxylic acids is 1. The van der Waals surface area contributed by atoms with Crippen LogP contribution in [-0.4, -0.2) is 28.7 Å². The molecule has 1 atom stereocenters. The van der Waals surface area contributed by atoms with Crippen molar-refractivity contribution < 1.29 is 19.5 Å². The van der Waals surface area contributed by atoms with E-state index in [4.69, 9.17) is 0 Å². The van der Waals surface area contributed by atoms with Crippen LogP contribution in [-0.2, 0) is 5.41 Å². The molecule has 4 aliphatic rings. The second-order valence-electron chi connectivity index (χ2n) is 12.1. The quantitative estimate of drug-likeness (QED) is 0.196. The summed E-state index contributed by atoms with van der Waals surface area (Å²) in [5.74, 6) is -1.59. The SMILES string of the molecule is CC(C)C1CC2=C(C=CC(/C=C3/C(=O)c4cc(C(=O)O)sc4C3=O)=C=C2)N1c1ccc2c(c1)C(C)(C)c1ccccc1-2. The molecule has 1 unspecified atom stereocenters. The Hall–Kier alpha value is -4.51. The Balaban J connectivity index is 1.23. The highest BCUT2D eigenvalue weighted by atomic mass is 32.1. The Labute approximate surface area is 248 Å². The zero-order valence-corrected chi connectivity index (χ0v) is 24.6. The smallest absolute Gasteiger partial charge is 0.345 e. The van der Waals surface area contributed by atoms with Crippen molar-refractivity contribution >= 4 is 34.6 Å². The van der Waals surface area contributed by atoms with Gasteiger partial charge in [0.15, 0.2) is 5.78 Å². The van der Waals surface area contributed by atoms with Crippen LogP contribution in [0.2, 0.25) is 0 Å². The zero-order chi connectivity index (χ0) is 29.5. The lowest BCUT2D eigenvalue weighted by molar-refractivity contribution is 0.0702. The maximum atomic E-state index is 13.0. The van der Waals surface area contributed by atoms with Crippen LogP contribution >= 0.6 is 11.3 Å². The minimum absolute atomic E-state index is 0.00605. The van der Waals surface area contributed by atoms with Crippen LogP contribution in [0.15, 0.2) is 101 Å². The van der Waals surface area contributed by atoms with E-state index in [9.17, 15) is 19.5 Å². The number of allylic oxidation sites excluding steroid dienone is 5. The van der Waals surface area contributed by atoms with Crippen LogP contribution in [0.1, 0.15) is 74.9 Å². The molecule has 3 aromatic rings. The van der Waals surface area contributed by atoms with Gasteiger partial charge in [0.2, 0.25) is 5.78 Å². The fraction of sp³-hybridized carbons (Fsp3) is 0.222. The van der Waals surface area contributed by atoms with E-state index < -0.39 is 17.5 Å². The molecular weight excluding hydrogens is 542 g/mol. The van der Waals surface area contributed by atoms with Crippen molar-refractivity contribution in [2.24, 2.45) is 5.92 Å². The van der Waals surface area contributed by atoms with Crippen LogP contribution in [0.3, 0.4) is 0 Å². The van der Waals surface area contributed by atoms with Gasteiger partial charge in [0.25, 0.3) is 0 Å². The second kappa shape index (κ2) is 9.25. The van der Waals surface area contributed by atoms with Crippen molar-refractivity contribution in [2.45, 2.75) is 45.6 Å². The van der Waals surface area contributed by atoms with E-state index >= 15 is 0 Å². The maximum absolute atomic E-state index is 13.0. The minimum atomic E-state index is -1.14. The average molecular weight is 572 g/mol. The molecule has 7 rings (SSSR count). The number of thiophene rings is 1. The molecule has 5 nitrogen and oxygen atoms in total. The van der Waals surface area contributed by atoms with E-state index in [-0.39, 0.29) is 32.3 Å². The van der Waals surface area contributed by atoms with Crippen molar-refractivity contribution in [3.8, 4) is 11.1 Å². The Morgan fingerprint density at radius 2 is 1.79 bits per heavy atom. The highest BCUT2D eigenvalue weighted by Gasteiger charge is 2.39. The number of nitrogens with zero attached hydrogens (tertiary/aromatic N) is 1. The van der Waals surface area contributed by atoms with Crippen molar-refractivity contribution in [1.82, 2.24) is 0 Å². The molecule has 1 aromatic heterocycles. The van der Waals surface area contributed by atoms with Crippen LogP contribution in [0.25, 0.3) is 11.1 Å². The molecule has 0 saturated heterocycles. The molecule has 0 saturated carbocycles. The van der Waals surface area contributed by atoms with Crippen LogP contribution in [0.5, 0.6) is 0 Å². The number of fused-ring (bicyclic) bond motifs is 4. The predicted molar refractivity (Wildman–Crippen MR) is 166 cm³/mol. The average Bonchev–Trinajstić information content (AvgIpc) is 3.64. The molecule has 6 heteroatoms. The van der Waals surface area contributed by atoms with Gasteiger partial charge in [0.1, 0.15) is 4.88 Å². The van der Waals surface area contributed by atoms with E-state index in [1.54, 1.807) is 6.08 Å². The Morgan fingerprint density at radius 1 is 1.02 bits per heavy atom. The standard InChI is InChI=1S/C36H29NO4S/c1-19(2)30-16-21-11-9-20(15-25-32(38)26-18-31(35(40)41)42-34(26)33(25)39)10-14-29(21)37(30)22-12-13-24-23-7-5-6-8-27(23)36(3,4)28(24)17-22/h5-8,10-15,17-19,30H,16H2,1-4H3,(H,40,41)/b25-15-. The summed E-state index contributed by atoms with van der Waals surface area (Å²) in [6.45, 7) is 9.09. The number of carbonyl (C=O) groups is 3. The third kappa shape index (κ3) is 3.79. The first kappa shape index (κ1) is 26.4. The number of benzene rings is 2. The molecule has 1 aliphatic heterocycles. The van der Waals surface area contributed by atoms with E-state index in [2.05, 4.69) is 86.9 Å². The zero-order valence-electron chi connectivity index (χ0n) is 23.8. The molecule has 0 fully saturated rings. The Kier molecular flexibility index (Phi) is 5.81. The Bertz CT molecular complexity index is 1890. The molecule has 2 heterocycles. The van der Waals surface area contributed by atoms with E-state index in [0.717, 1.165) is 34.7 Å². The minimum Gasteiger partial charge on any atom is -0.477 e. The number of anilines is 1. The lowest BCUT2D eigenvalue weighted by atomic mass is 9.82. The summed E-state index contributed by atoms with van der Waals surface area (Å²) in [5, 5.41) is 9.26. The first-order valence-electron chi connectivity index (χ1n) is 14.2. The summed E-state index contributed by atoms with van der Waals surface area (Å²) in [5.41, 5.74) is 12.7. The third-order valence-corrected chi connectivity index (χ3v) is 10.1. The number of ketones is 2. The van der Waals surface area contributed by atoms with Gasteiger partial charge in [-0.05, 0) is 82.7 Å². The van der Waals surface area contributed by atoms with Gasteiger partial charge in [-0.15, -0.1) is 17.1 Å². The molecule has 0 radical (unpaired) electrons. The van der Waals surface area contributed by atoms with Gasteiger partial charge in [-0.1, -0.05) is 58.0 Å². The maximum Gasteiger partial charge on any atom is 0.345 e. The van der Waals surface area contributed by atoms with Gasteiger partial charge in [0.05, 0.1) is 10.5 Å². The number of aromatic carboxylic acids is 1. The van der Waals surface area contributed by atoms with Crippen LogP contribution < -0.4 is 4.90 Å². The van der Waals surface area contributed by atoms with Gasteiger partial charge < -0.3 is 10.0 Å². The molecule has 1 N–H and O–H groups in total. The lowest BCUT2D eigenvalue weighted by Gasteiger charge is -2.33. The molecule has 208 valence electrons. The molecule has 42 heavy (non-hydrogen) atoms. The van der Waals surface area contributed by atoms with Gasteiger partial charge in [-0.3, -0.25) is 9.59 Å². The molecule has 0 bridgehead atoms. The van der Waals surface area contributed by atoms with Crippen molar-refractivity contribution in [2.75, 3.05) is 4.90 Å². The lowest BCUT2D eigenvalue weighted by Crippen LogP contribution is -2.34. The molecule has 0 amide bonds. The van der Waals surface area contributed by atoms with E-state index in [0.29, 0.717) is 11.5 Å². The van der Waals surface area contributed by atoms with Gasteiger partial charge in [0, 0.05) is 34.0 Å². The number of carboxylic acid groups (broad SMARTS) is 1. The summed E-state index contributed by atoms with van der Waals surface area (Å²) < 4.78 is 0. The van der Waals surface area contributed by atoms with Gasteiger partial charge in [-0.25, -0.2) is 4.79 Å². The van der Waals surface area contributed by atoms with Gasteiger partial charge >= 0.3 is 5.97 Å². The fourth-order valence-electron chi connectivity index (χ4n) is 6.75. The Morgan fingerprint density at radius 3 is 2.52 bits per heavy atom. The van der Waals surface area contributed by atoms with Gasteiger partial charge in [-0.2, -0.15) is 0 Å². The molecule has 0 spiro atoms. The summed E-state index contributed by atoms with van der Waals surface area (Å²) in [7, 11) is 0. The number of hydrogen-bond acceptors (Lipinski definition) is 5. The number of hydrogen-bond donors (Lipinski definition) is 1. The second-order valence-corrected chi connectivity index (χ2v) is 13.2. The molecule has 2 aromatic carbocycles. The topological polar surface area (TPSA) is 74.7 Å². The van der Waals surface area contributed by atoms with Crippen molar-refractivity contribution in [3.63, 3.8) is 0 Å². The first-order chi connectivity index (χ1) is 20.1. The molecular formula is C36H29NO4S. The third-order valence-electron chi connectivity index (χ3n) is 8.98. The fourth-order valence-corrected chi connectivity index (χ4v) is 7.70. The summed E-state index contributed by atoms with van der Waals surface area (Å²) >= 11 is 0.849. The van der Waals surface area contributed by atoms with E-state index in [1.165, 1.54) is 28.3 Å². The summed E-state index contributed by atoms with van der Waals surface area (Å²) in [6, 6.07) is 17.1. The highest BCUT2D eigenvalue weighted by Crippen LogP contribution is 2.50. The highest BCUT2D eigenvalue weighted by molar-refractivity contribution is 7.17. The largest absolute Gasteiger partial charge is 0.477 e. The van der Waals surface area contributed by atoms with Crippen molar-refractivity contribution in [3.05, 3.63) is 127 Å². The number of carbonyl (C=O) groups excluding carboxylic acids is 2. The van der Waals surface area contributed by atoms with Crippen LogP contribution in [0.4, 0.5) is 5.69 Å². The predicted octanol–water partition coefficient (Wildman–Crippen LogP) is 7.90. The molecule has 3 aliphatic carbocycles. The number of rotatable bonds is 4. The summed E-state index contributed by atoms with van der Waals surface area (Å²) in [6.07, 6.45) is 8.39.